The molecule has 0 spiro atoms. The standard InChI is InChI=1S/C24H25N3O5S/c1-27(2)21-12-6-11-20-19(21)10-7-13-22(20)33(31,32)26-16-18(14-23(28)29)24(30)25-15-17-8-4-3-5-9-17/h3-14,26H,15-16H2,1-2H3,(H,25,30)(H,28,29)/b18-14-. The fourth-order valence-corrected chi connectivity index (χ4v) is 4.60. The molecule has 8 nitrogen and oxygen atoms in total. The van der Waals surface area contributed by atoms with Crippen molar-refractivity contribution in [3.8, 4) is 0 Å². The molecule has 0 heterocycles. The highest BCUT2D eigenvalue weighted by molar-refractivity contribution is 7.89. The molecule has 0 unspecified atom stereocenters. The number of fused-ring (bicyclic) bond motifs is 1. The molecule has 0 fully saturated rings. The number of anilines is 1. The van der Waals surface area contributed by atoms with Crippen LogP contribution in [0.15, 0.2) is 83.3 Å². The Hall–Kier alpha value is -3.69. The summed E-state index contributed by atoms with van der Waals surface area (Å²) < 4.78 is 28.5. The van der Waals surface area contributed by atoms with E-state index in [0.29, 0.717) is 11.5 Å². The number of hydrogen-bond acceptors (Lipinski definition) is 5. The van der Waals surface area contributed by atoms with Crippen LogP contribution >= 0.6 is 0 Å². The minimum Gasteiger partial charge on any atom is -0.478 e. The second-order valence-electron chi connectivity index (χ2n) is 7.52. The first-order valence-corrected chi connectivity index (χ1v) is 11.6. The zero-order valence-corrected chi connectivity index (χ0v) is 19.1. The van der Waals surface area contributed by atoms with Gasteiger partial charge in [-0.3, -0.25) is 4.79 Å². The zero-order chi connectivity index (χ0) is 24.0. The highest BCUT2D eigenvalue weighted by Gasteiger charge is 2.21. The molecule has 0 aliphatic carbocycles. The van der Waals surface area contributed by atoms with Crippen molar-refractivity contribution in [3.63, 3.8) is 0 Å². The molecular weight excluding hydrogens is 442 g/mol. The van der Waals surface area contributed by atoms with Crippen LogP contribution in [0.1, 0.15) is 5.56 Å². The summed E-state index contributed by atoms with van der Waals surface area (Å²) in [7, 11) is -0.311. The van der Waals surface area contributed by atoms with Crippen molar-refractivity contribution in [2.24, 2.45) is 0 Å². The van der Waals surface area contributed by atoms with Crippen LogP contribution in [0.4, 0.5) is 5.69 Å². The number of nitrogens with zero attached hydrogens (tertiary/aromatic N) is 1. The maximum Gasteiger partial charge on any atom is 0.328 e. The molecule has 0 aliphatic heterocycles. The second-order valence-corrected chi connectivity index (χ2v) is 9.26. The van der Waals surface area contributed by atoms with Gasteiger partial charge in [0.2, 0.25) is 15.9 Å². The molecule has 3 N–H and O–H groups in total. The quantitative estimate of drug-likeness (QED) is 0.417. The van der Waals surface area contributed by atoms with Crippen LogP contribution < -0.4 is 14.9 Å². The number of carbonyl (C=O) groups excluding carboxylic acids is 1. The summed E-state index contributed by atoms with van der Waals surface area (Å²) in [6.45, 7) is -0.293. The average molecular weight is 468 g/mol. The number of carboxylic acid groups (broad SMARTS) is 1. The Bertz CT molecular complexity index is 1300. The van der Waals surface area contributed by atoms with Crippen LogP contribution in [0, 0.1) is 0 Å². The van der Waals surface area contributed by atoms with Crippen molar-refractivity contribution in [1.29, 1.82) is 0 Å². The van der Waals surface area contributed by atoms with E-state index in [0.717, 1.165) is 16.6 Å². The van der Waals surface area contributed by atoms with Gasteiger partial charge in [0.25, 0.3) is 0 Å². The first kappa shape index (κ1) is 24.0. The number of amides is 1. The number of benzene rings is 3. The van der Waals surface area contributed by atoms with E-state index in [-0.39, 0.29) is 17.0 Å². The van der Waals surface area contributed by atoms with Crippen molar-refractivity contribution in [3.05, 3.63) is 83.9 Å². The summed E-state index contributed by atoms with van der Waals surface area (Å²) in [5, 5.41) is 13.0. The average Bonchev–Trinajstić information content (AvgIpc) is 2.79. The molecule has 172 valence electrons. The number of rotatable bonds is 9. The van der Waals surface area contributed by atoms with Crippen molar-refractivity contribution >= 4 is 38.4 Å². The molecule has 0 aliphatic rings. The van der Waals surface area contributed by atoms with Gasteiger partial charge in [0.05, 0.1) is 4.90 Å². The number of sulfonamides is 1. The fraction of sp³-hybridized carbons (Fsp3) is 0.167. The van der Waals surface area contributed by atoms with Gasteiger partial charge >= 0.3 is 5.97 Å². The number of carbonyl (C=O) groups is 2. The molecule has 0 radical (unpaired) electrons. The first-order chi connectivity index (χ1) is 15.7. The van der Waals surface area contributed by atoms with Crippen molar-refractivity contribution in [2.45, 2.75) is 11.4 Å². The van der Waals surface area contributed by atoms with Gasteiger partial charge in [0.1, 0.15) is 0 Å². The van der Waals surface area contributed by atoms with Gasteiger partial charge in [-0.2, -0.15) is 0 Å². The lowest BCUT2D eigenvalue weighted by Crippen LogP contribution is -2.33. The van der Waals surface area contributed by atoms with Crippen LogP contribution in [0.2, 0.25) is 0 Å². The third-order valence-electron chi connectivity index (χ3n) is 4.97. The second kappa shape index (κ2) is 10.3. The maximum absolute atomic E-state index is 13.1. The first-order valence-electron chi connectivity index (χ1n) is 10.1. The van der Waals surface area contributed by atoms with Gasteiger partial charge < -0.3 is 15.3 Å². The van der Waals surface area contributed by atoms with Gasteiger partial charge in [0.15, 0.2) is 0 Å². The topological polar surface area (TPSA) is 116 Å². The minimum atomic E-state index is -4.04. The van der Waals surface area contributed by atoms with Crippen LogP contribution in [0.3, 0.4) is 0 Å². The van der Waals surface area contributed by atoms with Crippen LogP contribution in [0.5, 0.6) is 0 Å². The molecule has 9 heteroatoms. The molecule has 0 bridgehead atoms. The van der Waals surface area contributed by atoms with E-state index in [2.05, 4.69) is 10.0 Å². The van der Waals surface area contributed by atoms with Gasteiger partial charge in [-0.25, -0.2) is 17.9 Å². The molecule has 0 saturated carbocycles. The van der Waals surface area contributed by atoms with E-state index in [1.54, 1.807) is 18.2 Å². The van der Waals surface area contributed by atoms with E-state index in [4.69, 9.17) is 5.11 Å². The highest BCUT2D eigenvalue weighted by Crippen LogP contribution is 2.30. The number of hydrogen-bond donors (Lipinski definition) is 3. The monoisotopic (exact) mass is 467 g/mol. The number of nitrogens with one attached hydrogen (secondary N) is 2. The van der Waals surface area contributed by atoms with Crippen LogP contribution in [0.25, 0.3) is 10.8 Å². The Morgan fingerprint density at radius 3 is 2.27 bits per heavy atom. The largest absolute Gasteiger partial charge is 0.478 e. The normalized spacial score (nSPS) is 11.9. The molecule has 3 aromatic carbocycles. The Morgan fingerprint density at radius 2 is 1.61 bits per heavy atom. The molecule has 3 rings (SSSR count). The Kier molecular flexibility index (Phi) is 7.47. The van der Waals surface area contributed by atoms with E-state index in [1.807, 2.05) is 61.5 Å². The molecule has 3 aromatic rings. The lowest BCUT2D eigenvalue weighted by atomic mass is 10.1. The molecular formula is C24H25N3O5S. The Labute approximate surface area is 192 Å². The molecule has 0 atom stereocenters. The fourth-order valence-electron chi connectivity index (χ4n) is 3.38. The van der Waals surface area contributed by atoms with E-state index < -0.39 is 28.4 Å². The lowest BCUT2D eigenvalue weighted by molar-refractivity contribution is -0.131. The van der Waals surface area contributed by atoms with Crippen molar-refractivity contribution in [1.82, 2.24) is 10.0 Å². The van der Waals surface area contributed by atoms with Gasteiger partial charge in [-0.1, -0.05) is 54.6 Å². The molecule has 33 heavy (non-hydrogen) atoms. The Morgan fingerprint density at radius 1 is 0.939 bits per heavy atom. The summed E-state index contributed by atoms with van der Waals surface area (Å²) in [5.41, 5.74) is 1.47. The maximum atomic E-state index is 13.1. The van der Waals surface area contributed by atoms with Crippen molar-refractivity contribution in [2.75, 3.05) is 25.5 Å². The van der Waals surface area contributed by atoms with Gasteiger partial charge in [0, 0.05) is 55.3 Å². The lowest BCUT2D eigenvalue weighted by Gasteiger charge is -2.17. The number of carboxylic acids is 1. The van der Waals surface area contributed by atoms with E-state index in [9.17, 15) is 18.0 Å². The van der Waals surface area contributed by atoms with Crippen molar-refractivity contribution < 1.29 is 23.1 Å². The SMILES string of the molecule is CN(C)c1cccc2c(S(=O)(=O)NC/C(=C/C(=O)O)C(=O)NCc3ccccc3)cccc12. The third kappa shape index (κ3) is 5.97. The number of aliphatic carboxylic acids is 1. The summed E-state index contributed by atoms with van der Waals surface area (Å²) in [6, 6.07) is 19.4. The predicted molar refractivity (Wildman–Crippen MR) is 127 cm³/mol. The summed E-state index contributed by atoms with van der Waals surface area (Å²) in [4.78, 5) is 25.7. The summed E-state index contributed by atoms with van der Waals surface area (Å²) in [6.07, 6.45) is 0.704. The summed E-state index contributed by atoms with van der Waals surface area (Å²) in [5.74, 6) is -2.02. The van der Waals surface area contributed by atoms with Gasteiger partial charge in [-0.15, -0.1) is 0 Å². The van der Waals surface area contributed by atoms with E-state index >= 15 is 0 Å². The molecule has 0 aromatic heterocycles. The highest BCUT2D eigenvalue weighted by atomic mass is 32.2. The van der Waals surface area contributed by atoms with Crippen LogP contribution in [-0.4, -0.2) is 46.0 Å². The predicted octanol–water partition coefficient (Wildman–Crippen LogP) is 2.51. The third-order valence-corrected chi connectivity index (χ3v) is 6.43. The summed E-state index contributed by atoms with van der Waals surface area (Å²) >= 11 is 0. The van der Waals surface area contributed by atoms with E-state index in [1.165, 1.54) is 6.07 Å². The zero-order valence-electron chi connectivity index (χ0n) is 18.3. The Balaban J connectivity index is 1.82. The molecule has 0 saturated heterocycles. The van der Waals surface area contributed by atoms with Crippen LogP contribution in [-0.2, 0) is 26.2 Å². The smallest absolute Gasteiger partial charge is 0.328 e. The minimum absolute atomic E-state index is 0.0445. The molecule has 1 amide bonds. The van der Waals surface area contributed by atoms with Gasteiger partial charge in [-0.05, 0) is 17.7 Å².